The third-order valence-corrected chi connectivity index (χ3v) is 15.8. The SMILES string of the molecule is COCn1nnnc1C1CCCN(C(=O)/C=C/C2=CC(c3ccccc3C(C)C)([N+](=O)[O-])C(SC3C=CC(/C=C/C(=O)N4CCCC(c5nnnn5COC)C4)=CC3(c3ccccc3C(C)C)[N+](=O)[O-])C=C2)C1. The molecule has 2 saturated heterocycles. The highest BCUT2D eigenvalue weighted by Gasteiger charge is 2.58. The van der Waals surface area contributed by atoms with Crippen molar-refractivity contribution in [2.45, 2.75) is 112 Å². The van der Waals surface area contributed by atoms with Crippen LogP contribution >= 0.6 is 11.8 Å². The molecule has 4 aliphatic rings. The molecule has 8 rings (SSSR count). The quantitative estimate of drug-likeness (QED) is 0.0547. The number of piperidine rings is 2. The summed E-state index contributed by atoms with van der Waals surface area (Å²) in [7, 11) is 3.11. The van der Waals surface area contributed by atoms with E-state index in [2.05, 4.69) is 31.1 Å². The highest BCUT2D eigenvalue weighted by atomic mass is 32.2. The Bertz CT molecular complexity index is 2680. The number of ether oxygens (including phenoxy) is 2. The topological polar surface area (TPSA) is 233 Å². The van der Waals surface area contributed by atoms with E-state index in [-0.39, 0.29) is 58.8 Å². The Hall–Kier alpha value is -6.97. The fourth-order valence-corrected chi connectivity index (χ4v) is 12.2. The summed E-state index contributed by atoms with van der Waals surface area (Å²) in [4.78, 5) is 59.0. The van der Waals surface area contributed by atoms with Crippen molar-refractivity contribution in [1.29, 1.82) is 0 Å². The molecule has 0 radical (unpaired) electrons. The van der Waals surface area contributed by atoms with Gasteiger partial charge in [0, 0.05) is 97.5 Å². The lowest BCUT2D eigenvalue weighted by atomic mass is 9.77. The number of carbonyl (C=O) groups is 2. The summed E-state index contributed by atoms with van der Waals surface area (Å²) in [6.07, 6.45) is 19.3. The van der Waals surface area contributed by atoms with Crippen molar-refractivity contribution in [1.82, 2.24) is 50.2 Å². The van der Waals surface area contributed by atoms with Crippen molar-refractivity contribution in [3.63, 3.8) is 0 Å². The number of thioether (sulfide) groups is 1. The Balaban J connectivity index is 1.14. The summed E-state index contributed by atoms with van der Waals surface area (Å²) in [6.45, 7) is 10.1. The standard InChI is InChI=1S/C52H62N12O8S/c1-35(2)41-15-7-9-17-43(41)51(63(67)68)29-37(21-25-47(65)59-27-11-13-39(31-59)49-53-55-57-61(49)33-71-5)19-23-45(51)73-46-24-20-38(30-52(46,64(69)70)44-18-10-8-16-42(44)36(3)4)22-26-48(66)60-28-12-14-40(32-60)50-54-56-58-62(50)34-72-6/h7-10,15-26,29-30,35-36,39-40,45-46H,11-14,27-28,31-34H2,1-6H3/b25-21+,26-22+. The number of tetrazole rings is 2. The van der Waals surface area contributed by atoms with E-state index >= 15 is 0 Å². The van der Waals surface area contributed by atoms with Gasteiger partial charge in [-0.15, -0.1) is 22.0 Å². The van der Waals surface area contributed by atoms with Crippen LogP contribution in [-0.2, 0) is 43.6 Å². The minimum atomic E-state index is -1.94. The molecule has 6 atom stereocenters. The van der Waals surface area contributed by atoms with E-state index in [0.29, 0.717) is 60.1 Å². The third-order valence-electron chi connectivity index (χ3n) is 14.1. The molecule has 0 bridgehead atoms. The summed E-state index contributed by atoms with van der Waals surface area (Å²) in [5.74, 6) is 0.279. The van der Waals surface area contributed by atoms with E-state index in [1.807, 2.05) is 52.0 Å². The zero-order valence-electron chi connectivity index (χ0n) is 42.0. The van der Waals surface area contributed by atoms with Gasteiger partial charge < -0.3 is 19.3 Å². The first kappa shape index (κ1) is 52.4. The molecule has 4 heterocycles. The van der Waals surface area contributed by atoms with Gasteiger partial charge in [0.15, 0.2) is 11.6 Å². The maximum atomic E-state index is 14.2. The van der Waals surface area contributed by atoms with Gasteiger partial charge in [-0.2, -0.15) is 0 Å². The van der Waals surface area contributed by atoms with Gasteiger partial charge in [-0.1, -0.05) is 101 Å². The second kappa shape index (κ2) is 22.8. The number of hydrogen-bond donors (Lipinski definition) is 0. The number of rotatable bonds is 18. The molecule has 2 aliphatic carbocycles. The number of hydrogen-bond acceptors (Lipinski definition) is 15. The number of benzene rings is 2. The zero-order chi connectivity index (χ0) is 51.9. The first-order chi connectivity index (χ1) is 35.2. The van der Waals surface area contributed by atoms with Gasteiger partial charge in [0.25, 0.3) is 11.1 Å². The molecule has 2 amide bonds. The minimum Gasteiger partial charge on any atom is -0.362 e. The highest BCUT2D eigenvalue weighted by molar-refractivity contribution is 8.01. The number of amides is 2. The van der Waals surface area contributed by atoms with Crippen LogP contribution in [0.1, 0.15) is 111 Å². The average Bonchev–Trinajstić information content (AvgIpc) is 4.08. The zero-order valence-corrected chi connectivity index (χ0v) is 42.8. The van der Waals surface area contributed by atoms with Crippen LogP contribution in [-0.4, -0.2) is 123 Å². The van der Waals surface area contributed by atoms with Crippen molar-refractivity contribution in [2.24, 2.45) is 0 Å². The predicted molar refractivity (Wildman–Crippen MR) is 273 cm³/mol. The van der Waals surface area contributed by atoms with Crippen molar-refractivity contribution < 1.29 is 28.9 Å². The molecular weight excluding hydrogens is 953 g/mol. The number of carbonyl (C=O) groups excluding carboxylic acids is 2. The van der Waals surface area contributed by atoms with E-state index in [4.69, 9.17) is 9.47 Å². The van der Waals surface area contributed by atoms with Gasteiger partial charge in [-0.25, -0.2) is 9.36 Å². The van der Waals surface area contributed by atoms with Crippen LogP contribution in [0.3, 0.4) is 0 Å². The van der Waals surface area contributed by atoms with E-state index in [1.165, 1.54) is 12.2 Å². The summed E-state index contributed by atoms with van der Waals surface area (Å²) < 4.78 is 13.7. The molecule has 2 fully saturated rings. The van der Waals surface area contributed by atoms with Crippen LogP contribution in [0, 0.1) is 20.2 Å². The summed E-state index contributed by atoms with van der Waals surface area (Å²) in [5, 5.41) is 50.5. The molecule has 2 aliphatic heterocycles. The van der Waals surface area contributed by atoms with Crippen LogP contribution in [0.25, 0.3) is 0 Å². The first-order valence-corrected chi connectivity index (χ1v) is 25.5. The average molecular weight is 1020 g/mol. The lowest BCUT2D eigenvalue weighted by Gasteiger charge is -2.39. The summed E-state index contributed by atoms with van der Waals surface area (Å²) in [5.41, 5.74) is -0.612. The molecule has 0 saturated carbocycles. The molecule has 4 aromatic rings. The van der Waals surface area contributed by atoms with Gasteiger partial charge >= 0.3 is 0 Å². The smallest absolute Gasteiger partial charge is 0.281 e. The van der Waals surface area contributed by atoms with Crippen LogP contribution in [0.4, 0.5) is 0 Å². The van der Waals surface area contributed by atoms with Crippen LogP contribution in [0.5, 0.6) is 0 Å². The number of likely N-dealkylation sites (tertiary alicyclic amines) is 2. The molecule has 20 nitrogen and oxygen atoms in total. The molecule has 2 aromatic heterocycles. The lowest BCUT2D eigenvalue weighted by molar-refractivity contribution is -0.563. The Labute approximate surface area is 428 Å². The fraction of sp³-hybridized carbons (Fsp3) is 0.462. The maximum absolute atomic E-state index is 14.2. The Kier molecular flexibility index (Phi) is 16.4. The van der Waals surface area contributed by atoms with Crippen LogP contribution in [0.2, 0.25) is 0 Å². The number of nitrogens with zero attached hydrogens (tertiary/aromatic N) is 12. The van der Waals surface area contributed by atoms with Gasteiger partial charge in [0.2, 0.25) is 11.8 Å². The minimum absolute atomic E-state index is 0.109. The molecule has 21 heteroatoms. The fourth-order valence-electron chi connectivity index (χ4n) is 10.6. The van der Waals surface area contributed by atoms with E-state index in [9.17, 15) is 29.8 Å². The van der Waals surface area contributed by atoms with Gasteiger partial charge in [0.1, 0.15) is 24.0 Å². The van der Waals surface area contributed by atoms with Crippen molar-refractivity contribution in [2.75, 3.05) is 40.4 Å². The highest BCUT2D eigenvalue weighted by Crippen LogP contribution is 2.52. The molecule has 0 N–H and O–H groups in total. The Morgan fingerprint density at radius 1 is 0.699 bits per heavy atom. The van der Waals surface area contributed by atoms with E-state index in [0.717, 1.165) is 48.6 Å². The first-order valence-electron chi connectivity index (χ1n) is 24.6. The van der Waals surface area contributed by atoms with E-state index in [1.54, 1.807) is 106 Å². The van der Waals surface area contributed by atoms with Crippen LogP contribution in [0.15, 0.2) is 120 Å². The van der Waals surface area contributed by atoms with Crippen molar-refractivity contribution in [3.8, 4) is 0 Å². The lowest BCUT2D eigenvalue weighted by Crippen LogP contribution is -2.50. The second-order valence-electron chi connectivity index (χ2n) is 19.5. The maximum Gasteiger partial charge on any atom is 0.281 e. The summed E-state index contributed by atoms with van der Waals surface area (Å²) in [6, 6.07) is 14.5. The summed E-state index contributed by atoms with van der Waals surface area (Å²) >= 11 is 1.15. The molecular formula is C52H62N12O8S. The van der Waals surface area contributed by atoms with Crippen LogP contribution < -0.4 is 0 Å². The van der Waals surface area contributed by atoms with E-state index < -0.39 is 21.6 Å². The largest absolute Gasteiger partial charge is 0.362 e. The number of methoxy groups -OCH3 is 2. The van der Waals surface area contributed by atoms with Gasteiger partial charge in [-0.3, -0.25) is 29.8 Å². The normalized spacial score (nSPS) is 24.4. The molecule has 2 aromatic carbocycles. The number of nitro groups is 2. The number of allylic oxidation sites excluding steroid dienone is 6. The third kappa shape index (κ3) is 10.7. The Morgan fingerprint density at radius 2 is 1.11 bits per heavy atom. The van der Waals surface area contributed by atoms with Crippen molar-refractivity contribution in [3.05, 3.63) is 175 Å². The predicted octanol–water partition coefficient (Wildman–Crippen LogP) is 7.15. The monoisotopic (exact) mass is 1010 g/mol. The molecule has 384 valence electrons. The van der Waals surface area contributed by atoms with Crippen molar-refractivity contribution >= 4 is 23.6 Å². The molecule has 6 unspecified atom stereocenters. The van der Waals surface area contributed by atoms with Gasteiger partial charge in [-0.05, 0) is 92.8 Å². The molecule has 73 heavy (non-hydrogen) atoms. The Morgan fingerprint density at radius 3 is 1.49 bits per heavy atom. The number of aromatic nitrogens is 8. The second-order valence-corrected chi connectivity index (χ2v) is 20.7. The molecule has 0 spiro atoms. The van der Waals surface area contributed by atoms with Gasteiger partial charge in [0.05, 0.1) is 0 Å².